The van der Waals surface area contributed by atoms with Crippen molar-refractivity contribution in [2.24, 2.45) is 0 Å². The molecule has 4 N–H and O–H groups in total. The van der Waals surface area contributed by atoms with E-state index in [9.17, 15) is 24.0 Å². The minimum Gasteiger partial charge on any atom is -0.453 e. The van der Waals surface area contributed by atoms with E-state index in [4.69, 9.17) is 9.47 Å². The molecule has 2 aliphatic heterocycles. The highest BCUT2D eigenvalue weighted by molar-refractivity contribution is 5.99. The lowest BCUT2D eigenvalue weighted by atomic mass is 10.0. The van der Waals surface area contributed by atoms with Crippen LogP contribution in [0.1, 0.15) is 60.8 Å². The molecule has 15 nitrogen and oxygen atoms in total. The summed E-state index contributed by atoms with van der Waals surface area (Å²) < 4.78 is 9.57. The number of rotatable bonds is 11. The molecule has 58 heavy (non-hydrogen) atoms. The quantitative estimate of drug-likeness (QED) is 0.126. The van der Waals surface area contributed by atoms with Crippen LogP contribution in [0.2, 0.25) is 0 Å². The van der Waals surface area contributed by atoms with Crippen LogP contribution in [0.15, 0.2) is 109 Å². The van der Waals surface area contributed by atoms with Gasteiger partial charge in [0.2, 0.25) is 5.91 Å². The van der Waals surface area contributed by atoms with E-state index < -0.39 is 30.3 Å². The van der Waals surface area contributed by atoms with Gasteiger partial charge in [-0.2, -0.15) is 0 Å². The molecule has 0 bridgehead atoms. The summed E-state index contributed by atoms with van der Waals surface area (Å²) in [5.41, 5.74) is 4.92. The Balaban J connectivity index is 0.987. The Morgan fingerprint density at radius 1 is 0.672 bits per heavy atom. The van der Waals surface area contributed by atoms with Gasteiger partial charge in [-0.25, -0.2) is 14.6 Å². The zero-order valence-electron chi connectivity index (χ0n) is 32.1. The summed E-state index contributed by atoms with van der Waals surface area (Å²) in [4.78, 5) is 81.4. The Morgan fingerprint density at radius 3 is 1.83 bits per heavy atom. The number of aromatic amines is 1. The number of benzene rings is 3. The molecule has 2 aromatic heterocycles. The molecule has 15 heteroatoms. The van der Waals surface area contributed by atoms with Crippen LogP contribution in [0.3, 0.4) is 0 Å². The Bertz CT molecular complexity index is 2230. The average molecular weight is 785 g/mol. The maximum Gasteiger partial charge on any atom is 0.407 e. The molecular weight excluding hydrogens is 741 g/mol. The summed E-state index contributed by atoms with van der Waals surface area (Å²) in [7, 11) is 2.50. The second-order valence-electron chi connectivity index (χ2n) is 14.0. The molecule has 7 rings (SSSR count). The number of ether oxygens (including phenoxy) is 2. The van der Waals surface area contributed by atoms with Crippen LogP contribution in [0, 0.1) is 0 Å². The van der Waals surface area contributed by atoms with Gasteiger partial charge in [0.1, 0.15) is 23.9 Å². The average Bonchev–Trinajstić information content (AvgIpc) is 4.07. The number of amides is 5. The van der Waals surface area contributed by atoms with Crippen LogP contribution in [-0.2, 0) is 23.9 Å². The maximum absolute atomic E-state index is 13.9. The first-order valence-corrected chi connectivity index (χ1v) is 19.1. The number of hydrogen-bond acceptors (Lipinski definition) is 9. The van der Waals surface area contributed by atoms with E-state index in [-0.39, 0.29) is 23.8 Å². The van der Waals surface area contributed by atoms with Crippen molar-refractivity contribution in [1.29, 1.82) is 0 Å². The van der Waals surface area contributed by atoms with Crippen LogP contribution in [0.5, 0.6) is 0 Å². The third-order valence-corrected chi connectivity index (χ3v) is 10.5. The molecule has 5 amide bonds. The molecule has 2 fully saturated rings. The Hall–Kier alpha value is -7.03. The molecule has 5 aromatic rings. The maximum atomic E-state index is 13.9. The minimum atomic E-state index is -1.000. The normalized spacial score (nSPS) is 17.2. The lowest BCUT2D eigenvalue weighted by Gasteiger charge is -2.28. The summed E-state index contributed by atoms with van der Waals surface area (Å²) in [6.07, 6.45) is 4.67. The Morgan fingerprint density at radius 2 is 1.24 bits per heavy atom. The number of pyridine rings is 1. The number of H-pyrrole nitrogens is 1. The standard InChI is InChI=1S/C43H44N8O7/c1-57-42(55)48-36(28-11-5-3-6-12-28)40(53)50-23-9-15-34(50)38-45-26-33(47-38)30-19-22-32(44-25-30)27-17-20-31(21-18-27)46-39(52)35-16-10-24-51(35)41(54)37(49-43(56)58-2)29-13-7-4-8-14-29/h3-8,11-14,17-22,25-26,34-37H,9-10,15-16,23-24H2,1-2H3,(H,45,47)(H,46,52)(H,48,55)(H,49,56). The van der Waals surface area contributed by atoms with Gasteiger partial charge in [-0.05, 0) is 61.1 Å². The van der Waals surface area contributed by atoms with Crippen molar-refractivity contribution in [3.63, 3.8) is 0 Å². The zero-order chi connectivity index (χ0) is 40.6. The van der Waals surface area contributed by atoms with E-state index >= 15 is 0 Å². The van der Waals surface area contributed by atoms with Crippen LogP contribution >= 0.6 is 0 Å². The summed E-state index contributed by atoms with van der Waals surface area (Å²) in [6.45, 7) is 0.905. The molecule has 0 aliphatic carbocycles. The molecule has 4 atom stereocenters. The van der Waals surface area contributed by atoms with Crippen molar-refractivity contribution in [1.82, 2.24) is 35.4 Å². The number of likely N-dealkylation sites (tertiary alicyclic amines) is 2. The lowest BCUT2D eigenvalue weighted by Crippen LogP contribution is -2.48. The molecule has 4 heterocycles. The first-order chi connectivity index (χ1) is 28.2. The summed E-state index contributed by atoms with van der Waals surface area (Å²) in [6, 6.07) is 26.1. The lowest BCUT2D eigenvalue weighted by molar-refractivity contribution is -0.138. The number of imidazole rings is 1. The number of alkyl carbamates (subject to hydrolysis) is 2. The van der Waals surface area contributed by atoms with Crippen molar-refractivity contribution in [2.45, 2.75) is 49.9 Å². The first-order valence-electron chi connectivity index (χ1n) is 19.1. The number of anilines is 1. The van der Waals surface area contributed by atoms with Gasteiger partial charge >= 0.3 is 12.2 Å². The predicted molar refractivity (Wildman–Crippen MR) is 214 cm³/mol. The highest BCUT2D eigenvalue weighted by Gasteiger charge is 2.39. The monoisotopic (exact) mass is 784 g/mol. The molecule has 0 saturated carbocycles. The highest BCUT2D eigenvalue weighted by atomic mass is 16.5. The molecule has 2 saturated heterocycles. The predicted octanol–water partition coefficient (Wildman–Crippen LogP) is 5.93. The first kappa shape index (κ1) is 39.2. The van der Waals surface area contributed by atoms with Crippen LogP contribution < -0.4 is 16.0 Å². The van der Waals surface area contributed by atoms with Crippen LogP contribution in [0.25, 0.3) is 22.5 Å². The van der Waals surface area contributed by atoms with Gasteiger partial charge in [-0.1, -0.05) is 72.8 Å². The fourth-order valence-electron chi connectivity index (χ4n) is 7.50. The van der Waals surface area contributed by atoms with E-state index in [2.05, 4.69) is 30.9 Å². The number of carbonyl (C=O) groups excluding carboxylic acids is 5. The molecule has 298 valence electrons. The molecule has 4 unspecified atom stereocenters. The molecule has 3 aromatic carbocycles. The van der Waals surface area contributed by atoms with E-state index in [0.29, 0.717) is 55.0 Å². The number of hydrogen-bond donors (Lipinski definition) is 4. The fourth-order valence-corrected chi connectivity index (χ4v) is 7.50. The number of carbonyl (C=O) groups is 5. The third kappa shape index (κ3) is 8.68. The van der Waals surface area contributed by atoms with Gasteiger partial charge in [0, 0.05) is 36.1 Å². The molecule has 0 spiro atoms. The highest BCUT2D eigenvalue weighted by Crippen LogP contribution is 2.34. The second kappa shape index (κ2) is 17.8. The Labute approximate surface area is 335 Å². The smallest absolute Gasteiger partial charge is 0.407 e. The van der Waals surface area contributed by atoms with Gasteiger partial charge in [-0.3, -0.25) is 19.4 Å². The number of aromatic nitrogens is 3. The number of methoxy groups -OCH3 is 2. The van der Waals surface area contributed by atoms with Gasteiger partial charge in [0.15, 0.2) is 0 Å². The fraction of sp³-hybridized carbons (Fsp3) is 0.279. The van der Waals surface area contributed by atoms with Gasteiger partial charge < -0.3 is 40.2 Å². The van der Waals surface area contributed by atoms with Crippen molar-refractivity contribution in [3.8, 4) is 22.5 Å². The zero-order valence-corrected chi connectivity index (χ0v) is 32.1. The van der Waals surface area contributed by atoms with Crippen molar-refractivity contribution >= 4 is 35.6 Å². The topological polar surface area (TPSA) is 188 Å². The van der Waals surface area contributed by atoms with E-state index in [1.807, 2.05) is 48.5 Å². The third-order valence-electron chi connectivity index (χ3n) is 10.5. The number of nitrogens with one attached hydrogen (secondary N) is 4. The van der Waals surface area contributed by atoms with Crippen LogP contribution in [-0.4, -0.2) is 88.0 Å². The largest absolute Gasteiger partial charge is 0.453 e. The Kier molecular flexibility index (Phi) is 12.1. The summed E-state index contributed by atoms with van der Waals surface area (Å²) >= 11 is 0. The second-order valence-corrected chi connectivity index (χ2v) is 14.0. The van der Waals surface area contributed by atoms with Crippen molar-refractivity contribution < 1.29 is 33.4 Å². The minimum absolute atomic E-state index is 0.244. The molecule has 2 aliphatic rings. The van der Waals surface area contributed by atoms with E-state index in [1.165, 1.54) is 19.1 Å². The SMILES string of the molecule is COC(=O)NC(C(=O)N1CCCC1C(=O)Nc1ccc(-c2ccc(-c3cnc(C4CCCN4C(=O)C(NC(=O)OC)c4ccccc4)[nH]3)cn2)cc1)c1ccccc1. The molecular formula is C43H44N8O7. The van der Waals surface area contributed by atoms with E-state index in [1.54, 1.807) is 65.8 Å². The van der Waals surface area contributed by atoms with Crippen molar-refractivity contribution in [3.05, 3.63) is 126 Å². The summed E-state index contributed by atoms with van der Waals surface area (Å²) in [5, 5.41) is 8.25. The number of nitrogens with zero attached hydrogens (tertiary/aromatic N) is 4. The van der Waals surface area contributed by atoms with Gasteiger partial charge in [0.05, 0.1) is 37.8 Å². The van der Waals surface area contributed by atoms with Crippen molar-refractivity contribution in [2.75, 3.05) is 32.6 Å². The van der Waals surface area contributed by atoms with Gasteiger partial charge in [-0.15, -0.1) is 0 Å². The van der Waals surface area contributed by atoms with Gasteiger partial charge in [0.25, 0.3) is 11.8 Å². The summed E-state index contributed by atoms with van der Waals surface area (Å²) in [5.74, 6) is -0.301. The van der Waals surface area contributed by atoms with E-state index in [0.717, 1.165) is 28.9 Å². The molecule has 0 radical (unpaired) electrons. The van der Waals surface area contributed by atoms with Crippen LogP contribution in [0.4, 0.5) is 15.3 Å².